The molecule has 112 valence electrons. The monoisotopic (exact) mass is 313 g/mol. The first-order chi connectivity index (χ1) is 10.6. The summed E-state index contributed by atoms with van der Waals surface area (Å²) in [7, 11) is 1.59. The van der Waals surface area contributed by atoms with Crippen molar-refractivity contribution < 1.29 is 9.53 Å². The Balaban J connectivity index is 1.86. The van der Waals surface area contributed by atoms with Crippen molar-refractivity contribution in [2.45, 2.75) is 6.92 Å². The zero-order valence-electron chi connectivity index (χ0n) is 12.2. The molecule has 0 saturated carbocycles. The Morgan fingerprint density at radius 1 is 1.27 bits per heavy atom. The van der Waals surface area contributed by atoms with Crippen molar-refractivity contribution in [3.63, 3.8) is 0 Å². The smallest absolute Gasteiger partial charge is 0.255 e. The van der Waals surface area contributed by atoms with Crippen molar-refractivity contribution >= 4 is 38.3 Å². The van der Waals surface area contributed by atoms with Gasteiger partial charge in [0.25, 0.3) is 5.91 Å². The quantitative estimate of drug-likeness (QED) is 0.776. The van der Waals surface area contributed by atoms with Crippen molar-refractivity contribution in [3.8, 4) is 5.75 Å². The van der Waals surface area contributed by atoms with Crippen LogP contribution in [0.3, 0.4) is 0 Å². The first-order valence-corrected chi connectivity index (χ1v) is 7.50. The average molecular weight is 313 g/mol. The second kappa shape index (κ2) is 5.65. The maximum absolute atomic E-state index is 12.3. The molecule has 1 aromatic heterocycles. The van der Waals surface area contributed by atoms with Crippen LogP contribution in [0.25, 0.3) is 10.2 Å². The standard InChI is InChI=1S/C16H15N3O2S/c1-9-7-11(8-13-14(9)19-16(17)22-13)18-15(20)10-3-5-12(21-2)6-4-10/h3-8H,1-2H3,(H2,17,19)(H,18,20). The van der Waals surface area contributed by atoms with E-state index >= 15 is 0 Å². The van der Waals surface area contributed by atoms with Gasteiger partial charge in [-0.2, -0.15) is 0 Å². The highest BCUT2D eigenvalue weighted by atomic mass is 32.1. The molecule has 0 aliphatic heterocycles. The number of nitrogen functional groups attached to an aromatic ring is 1. The number of carbonyl (C=O) groups excluding carboxylic acids is 1. The summed E-state index contributed by atoms with van der Waals surface area (Å²) in [6, 6.07) is 10.7. The summed E-state index contributed by atoms with van der Waals surface area (Å²) in [5.74, 6) is 0.549. The van der Waals surface area contributed by atoms with E-state index < -0.39 is 0 Å². The molecule has 0 aliphatic carbocycles. The number of hydrogen-bond acceptors (Lipinski definition) is 5. The number of aryl methyl sites for hydroxylation is 1. The molecule has 2 aromatic carbocycles. The maximum atomic E-state index is 12.3. The summed E-state index contributed by atoms with van der Waals surface area (Å²) in [4.78, 5) is 16.6. The zero-order valence-corrected chi connectivity index (χ0v) is 13.0. The lowest BCUT2D eigenvalue weighted by molar-refractivity contribution is 0.102. The molecule has 3 aromatic rings. The van der Waals surface area contributed by atoms with Crippen LogP contribution in [0.15, 0.2) is 36.4 Å². The van der Waals surface area contributed by atoms with E-state index in [0.717, 1.165) is 21.5 Å². The van der Waals surface area contributed by atoms with Gasteiger partial charge in [0.1, 0.15) is 5.75 Å². The number of nitrogens with zero attached hydrogens (tertiary/aromatic N) is 1. The van der Waals surface area contributed by atoms with E-state index in [2.05, 4.69) is 10.3 Å². The van der Waals surface area contributed by atoms with E-state index in [1.54, 1.807) is 31.4 Å². The topological polar surface area (TPSA) is 77.2 Å². The minimum atomic E-state index is -0.168. The third kappa shape index (κ3) is 2.73. The van der Waals surface area contributed by atoms with Crippen LogP contribution in [-0.4, -0.2) is 18.0 Å². The fourth-order valence-corrected chi connectivity index (χ4v) is 3.08. The molecule has 3 N–H and O–H groups in total. The number of anilines is 2. The van der Waals surface area contributed by atoms with E-state index in [4.69, 9.17) is 10.5 Å². The van der Waals surface area contributed by atoms with Gasteiger partial charge in [0.15, 0.2) is 5.13 Å². The number of hydrogen-bond donors (Lipinski definition) is 2. The number of carbonyl (C=O) groups is 1. The lowest BCUT2D eigenvalue weighted by atomic mass is 10.1. The summed E-state index contributed by atoms with van der Waals surface area (Å²) in [6.45, 7) is 1.95. The maximum Gasteiger partial charge on any atom is 0.255 e. The van der Waals surface area contributed by atoms with Crippen molar-refractivity contribution in [2.24, 2.45) is 0 Å². The fraction of sp³-hybridized carbons (Fsp3) is 0.125. The Labute approximate surface area is 131 Å². The van der Waals surface area contributed by atoms with Gasteiger partial charge in [-0.1, -0.05) is 11.3 Å². The number of thiazole rings is 1. The predicted octanol–water partition coefficient (Wildman–Crippen LogP) is 3.45. The number of nitrogens with one attached hydrogen (secondary N) is 1. The van der Waals surface area contributed by atoms with Crippen LogP contribution in [0.1, 0.15) is 15.9 Å². The molecule has 1 heterocycles. The van der Waals surface area contributed by atoms with Crippen molar-refractivity contribution in [3.05, 3.63) is 47.5 Å². The highest BCUT2D eigenvalue weighted by Crippen LogP contribution is 2.29. The van der Waals surface area contributed by atoms with Gasteiger partial charge in [0.05, 0.1) is 17.3 Å². The van der Waals surface area contributed by atoms with Gasteiger partial charge in [-0.3, -0.25) is 4.79 Å². The third-order valence-electron chi connectivity index (χ3n) is 3.31. The Morgan fingerprint density at radius 2 is 2.00 bits per heavy atom. The summed E-state index contributed by atoms with van der Waals surface area (Å²) in [5.41, 5.74) is 8.90. The van der Waals surface area contributed by atoms with Crippen LogP contribution in [0, 0.1) is 6.92 Å². The van der Waals surface area contributed by atoms with E-state index in [1.807, 2.05) is 19.1 Å². The molecule has 0 saturated heterocycles. The average Bonchev–Trinajstić information content (AvgIpc) is 2.88. The minimum absolute atomic E-state index is 0.168. The molecule has 0 radical (unpaired) electrons. The van der Waals surface area contributed by atoms with E-state index in [1.165, 1.54) is 11.3 Å². The van der Waals surface area contributed by atoms with Gasteiger partial charge >= 0.3 is 0 Å². The number of rotatable bonds is 3. The minimum Gasteiger partial charge on any atom is -0.497 e. The van der Waals surface area contributed by atoms with Gasteiger partial charge in [-0.05, 0) is 48.9 Å². The lowest BCUT2D eigenvalue weighted by Gasteiger charge is -2.07. The van der Waals surface area contributed by atoms with Crippen LogP contribution in [-0.2, 0) is 0 Å². The van der Waals surface area contributed by atoms with Crippen LogP contribution in [0.2, 0.25) is 0 Å². The van der Waals surface area contributed by atoms with Crippen LogP contribution in [0.4, 0.5) is 10.8 Å². The second-order valence-electron chi connectivity index (χ2n) is 4.87. The van der Waals surface area contributed by atoms with Gasteiger partial charge in [-0.25, -0.2) is 4.98 Å². The van der Waals surface area contributed by atoms with Gasteiger partial charge in [0, 0.05) is 11.3 Å². The molecule has 3 rings (SSSR count). The zero-order chi connectivity index (χ0) is 15.7. The molecule has 0 aliphatic rings. The first-order valence-electron chi connectivity index (χ1n) is 6.69. The predicted molar refractivity (Wildman–Crippen MR) is 89.7 cm³/mol. The first kappa shape index (κ1) is 14.3. The molecular formula is C16H15N3O2S. The van der Waals surface area contributed by atoms with Crippen LogP contribution in [0.5, 0.6) is 5.75 Å². The molecule has 22 heavy (non-hydrogen) atoms. The normalized spacial score (nSPS) is 10.6. The highest BCUT2D eigenvalue weighted by molar-refractivity contribution is 7.22. The molecule has 0 fully saturated rings. The molecule has 0 spiro atoms. The summed E-state index contributed by atoms with van der Waals surface area (Å²) < 4.78 is 6.04. The number of ether oxygens (including phenoxy) is 1. The largest absolute Gasteiger partial charge is 0.497 e. The molecule has 0 bridgehead atoms. The Morgan fingerprint density at radius 3 is 2.68 bits per heavy atom. The van der Waals surface area contributed by atoms with Crippen molar-refractivity contribution in [2.75, 3.05) is 18.2 Å². The molecule has 1 amide bonds. The van der Waals surface area contributed by atoms with E-state index in [0.29, 0.717) is 16.4 Å². The SMILES string of the molecule is COc1ccc(C(=O)Nc2cc(C)c3nc(N)sc3c2)cc1. The number of methoxy groups -OCH3 is 1. The summed E-state index contributed by atoms with van der Waals surface area (Å²) in [5, 5.41) is 3.42. The van der Waals surface area contributed by atoms with E-state index in [9.17, 15) is 4.79 Å². The molecule has 5 nitrogen and oxygen atoms in total. The van der Waals surface area contributed by atoms with Crippen molar-refractivity contribution in [1.82, 2.24) is 4.98 Å². The number of aromatic nitrogens is 1. The van der Waals surface area contributed by atoms with Gasteiger partial charge in [-0.15, -0.1) is 0 Å². The second-order valence-corrected chi connectivity index (χ2v) is 5.94. The van der Waals surface area contributed by atoms with E-state index in [-0.39, 0.29) is 5.91 Å². The summed E-state index contributed by atoms with van der Waals surface area (Å²) in [6.07, 6.45) is 0. The third-order valence-corrected chi connectivity index (χ3v) is 4.14. The Kier molecular flexibility index (Phi) is 3.68. The lowest BCUT2D eigenvalue weighted by Crippen LogP contribution is -2.11. The van der Waals surface area contributed by atoms with Gasteiger partial charge in [0.2, 0.25) is 0 Å². The number of benzene rings is 2. The number of amides is 1. The molecular weight excluding hydrogens is 298 g/mol. The number of nitrogens with two attached hydrogens (primary N) is 1. The Bertz CT molecular complexity index is 840. The van der Waals surface area contributed by atoms with Crippen LogP contribution >= 0.6 is 11.3 Å². The molecule has 6 heteroatoms. The number of fused-ring (bicyclic) bond motifs is 1. The Hall–Kier alpha value is -2.60. The molecule has 0 atom stereocenters. The molecule has 0 unspecified atom stereocenters. The summed E-state index contributed by atoms with van der Waals surface area (Å²) >= 11 is 1.41. The fourth-order valence-electron chi connectivity index (χ4n) is 2.23. The van der Waals surface area contributed by atoms with Crippen molar-refractivity contribution in [1.29, 1.82) is 0 Å². The van der Waals surface area contributed by atoms with Gasteiger partial charge < -0.3 is 15.8 Å². The highest BCUT2D eigenvalue weighted by Gasteiger charge is 2.10. The van der Waals surface area contributed by atoms with Crippen LogP contribution < -0.4 is 15.8 Å².